The summed E-state index contributed by atoms with van der Waals surface area (Å²) in [5, 5.41) is 10.6. The molecule has 0 radical (unpaired) electrons. The van der Waals surface area contributed by atoms with Crippen molar-refractivity contribution in [1.82, 2.24) is 20.2 Å². The van der Waals surface area contributed by atoms with Gasteiger partial charge in [0.15, 0.2) is 5.13 Å². The number of H-pyrrole nitrogens is 1. The molecule has 3 heterocycles. The Balaban J connectivity index is 1.58. The number of benzene rings is 1. The fourth-order valence-electron chi connectivity index (χ4n) is 3.15. The van der Waals surface area contributed by atoms with Crippen LogP contribution in [0.15, 0.2) is 29.4 Å². The van der Waals surface area contributed by atoms with Gasteiger partial charge in [0.1, 0.15) is 17.5 Å². The molecule has 28 heavy (non-hydrogen) atoms. The molecule has 1 aromatic carbocycles. The second-order valence-electron chi connectivity index (χ2n) is 6.50. The van der Waals surface area contributed by atoms with E-state index in [2.05, 4.69) is 25.5 Å². The summed E-state index contributed by atoms with van der Waals surface area (Å²) in [6.45, 7) is 0. The fourth-order valence-corrected chi connectivity index (χ4v) is 4.70. The molecule has 0 unspecified atom stereocenters. The lowest BCUT2D eigenvalue weighted by Gasteiger charge is -2.09. The number of hydrogen-bond acceptors (Lipinski definition) is 6. The molecule has 0 bridgehead atoms. The number of thiazole rings is 1. The second-order valence-corrected chi connectivity index (χ2v) is 8.35. The van der Waals surface area contributed by atoms with Gasteiger partial charge in [0, 0.05) is 17.0 Å². The van der Waals surface area contributed by atoms with Crippen LogP contribution in [0.25, 0.3) is 32.4 Å². The van der Waals surface area contributed by atoms with Crippen LogP contribution in [0.3, 0.4) is 0 Å². The maximum absolute atomic E-state index is 14.5. The highest BCUT2D eigenvalue weighted by atomic mass is 32.2. The Bertz CT molecular complexity index is 1240. The zero-order chi connectivity index (χ0) is 19.4. The van der Waals surface area contributed by atoms with Gasteiger partial charge in [-0.25, -0.2) is 13.8 Å². The third kappa shape index (κ3) is 2.83. The third-order valence-corrected chi connectivity index (χ3v) is 6.41. The number of hydrogen-bond donors (Lipinski definition) is 2. The largest absolute Gasteiger partial charge is 0.302 e. The van der Waals surface area contributed by atoms with Gasteiger partial charge in [-0.2, -0.15) is 5.10 Å². The zero-order valence-corrected chi connectivity index (χ0v) is 16.1. The molecule has 0 aliphatic heterocycles. The van der Waals surface area contributed by atoms with Gasteiger partial charge in [0.25, 0.3) is 0 Å². The predicted molar refractivity (Wildman–Crippen MR) is 106 cm³/mol. The van der Waals surface area contributed by atoms with Gasteiger partial charge in [-0.3, -0.25) is 14.9 Å². The Labute approximate surface area is 165 Å². The molecule has 1 amide bonds. The van der Waals surface area contributed by atoms with Crippen LogP contribution in [0.2, 0.25) is 0 Å². The summed E-state index contributed by atoms with van der Waals surface area (Å²) < 4.78 is 28.4. The molecule has 5 rings (SSSR count). The van der Waals surface area contributed by atoms with Crippen molar-refractivity contribution in [2.75, 3.05) is 11.6 Å². The summed E-state index contributed by atoms with van der Waals surface area (Å²) in [7, 11) is 0. The second kappa shape index (κ2) is 6.49. The first-order valence-corrected chi connectivity index (χ1v) is 10.5. The highest BCUT2D eigenvalue weighted by molar-refractivity contribution is 7.98. The number of rotatable bonds is 4. The van der Waals surface area contributed by atoms with Gasteiger partial charge < -0.3 is 5.32 Å². The fraction of sp³-hybridized carbons (Fsp3) is 0.222. The van der Waals surface area contributed by atoms with Crippen LogP contribution in [-0.2, 0) is 4.79 Å². The van der Waals surface area contributed by atoms with Crippen LogP contribution < -0.4 is 5.32 Å². The van der Waals surface area contributed by atoms with Crippen molar-refractivity contribution in [3.05, 3.63) is 30.3 Å². The van der Waals surface area contributed by atoms with Crippen molar-refractivity contribution in [3.8, 4) is 11.3 Å². The lowest BCUT2D eigenvalue weighted by molar-refractivity contribution is -0.117. The molecule has 0 saturated heterocycles. The predicted octanol–water partition coefficient (Wildman–Crippen LogP) is 4.39. The minimum absolute atomic E-state index is 0.264. The van der Waals surface area contributed by atoms with Crippen molar-refractivity contribution in [1.29, 1.82) is 0 Å². The molecule has 3 aromatic heterocycles. The van der Waals surface area contributed by atoms with Crippen LogP contribution in [-0.4, -0.2) is 38.5 Å². The van der Waals surface area contributed by atoms with Gasteiger partial charge in [0.2, 0.25) is 5.91 Å². The van der Waals surface area contributed by atoms with Gasteiger partial charge in [0.05, 0.1) is 39.1 Å². The average Bonchev–Trinajstić information content (AvgIpc) is 3.05. The quantitative estimate of drug-likeness (QED) is 0.481. The van der Waals surface area contributed by atoms with Crippen molar-refractivity contribution >= 4 is 55.3 Å². The van der Waals surface area contributed by atoms with Crippen molar-refractivity contribution in [3.63, 3.8) is 0 Å². The summed E-state index contributed by atoms with van der Waals surface area (Å²) in [4.78, 5) is 21.2. The number of amides is 1. The van der Waals surface area contributed by atoms with Gasteiger partial charge in [-0.05, 0) is 18.7 Å². The molecule has 10 heteroatoms. The Kier molecular flexibility index (Phi) is 4.06. The first-order valence-electron chi connectivity index (χ1n) is 8.46. The van der Waals surface area contributed by atoms with Crippen molar-refractivity contribution in [2.45, 2.75) is 17.5 Å². The molecular weight excluding hydrogens is 404 g/mol. The Morgan fingerprint density at radius 3 is 2.96 bits per heavy atom. The van der Waals surface area contributed by atoms with Crippen LogP contribution in [0.4, 0.5) is 13.9 Å². The third-order valence-electron chi connectivity index (χ3n) is 4.67. The van der Waals surface area contributed by atoms with E-state index in [-0.39, 0.29) is 18.1 Å². The summed E-state index contributed by atoms with van der Waals surface area (Å²) in [6, 6.07) is 3.24. The maximum Gasteiger partial charge on any atom is 0.232 e. The topological polar surface area (TPSA) is 83.6 Å². The number of nitrogens with one attached hydrogen (secondary N) is 2. The number of carbonyl (C=O) groups excluding carboxylic acids is 1. The van der Waals surface area contributed by atoms with Crippen molar-refractivity contribution < 1.29 is 13.6 Å². The normalized spacial score (nSPS) is 18.7. The number of alkyl halides is 1. The highest BCUT2D eigenvalue weighted by Crippen LogP contribution is 2.39. The van der Waals surface area contributed by atoms with Crippen LogP contribution >= 0.6 is 23.1 Å². The van der Waals surface area contributed by atoms with E-state index in [4.69, 9.17) is 0 Å². The molecule has 0 spiro atoms. The minimum Gasteiger partial charge on any atom is -0.302 e. The number of carbonyl (C=O) groups is 1. The number of aromatic amines is 1. The molecule has 1 fully saturated rings. The summed E-state index contributed by atoms with van der Waals surface area (Å²) in [5.74, 6) is -1.27. The number of thioether (sulfide) groups is 1. The van der Waals surface area contributed by atoms with Gasteiger partial charge in [-0.15, -0.1) is 11.8 Å². The molecular formula is C18H13F2N5OS2. The lowest BCUT2D eigenvalue weighted by atomic mass is 10.1. The Morgan fingerprint density at radius 2 is 2.21 bits per heavy atom. The number of anilines is 1. The molecule has 4 aromatic rings. The molecule has 142 valence electrons. The standard InChI is InChI=1S/C18H13F2N5OS2/c1-27-16-10(20)3-11-8(5-22-25-11)15(16)12-4-14-13(6-21-12)23-18(28-14)24-17(26)7-2-9(7)19/h3-7,9H,2H2,1H3,(H,22,25)(H,23,24,26)/t7-,9+/m1/s1. The van der Waals surface area contributed by atoms with Gasteiger partial charge in [-0.1, -0.05) is 11.3 Å². The number of nitrogens with zero attached hydrogens (tertiary/aromatic N) is 3. The zero-order valence-electron chi connectivity index (χ0n) is 14.5. The van der Waals surface area contributed by atoms with E-state index in [0.29, 0.717) is 32.3 Å². The molecule has 1 aliphatic rings. The van der Waals surface area contributed by atoms with Crippen LogP contribution in [0.5, 0.6) is 0 Å². The van der Waals surface area contributed by atoms with Crippen LogP contribution in [0, 0.1) is 11.7 Å². The maximum atomic E-state index is 14.5. The average molecular weight is 417 g/mol. The van der Waals surface area contributed by atoms with E-state index in [9.17, 15) is 13.6 Å². The number of pyridine rings is 1. The number of aromatic nitrogens is 4. The van der Waals surface area contributed by atoms with E-state index in [0.717, 1.165) is 10.1 Å². The lowest BCUT2D eigenvalue weighted by Crippen LogP contribution is -2.14. The van der Waals surface area contributed by atoms with Crippen molar-refractivity contribution in [2.24, 2.45) is 5.92 Å². The van der Waals surface area contributed by atoms with E-state index >= 15 is 0 Å². The first-order chi connectivity index (χ1) is 13.5. The summed E-state index contributed by atoms with van der Waals surface area (Å²) in [6.07, 6.45) is 4.25. The molecule has 1 saturated carbocycles. The van der Waals surface area contributed by atoms with Crippen LogP contribution in [0.1, 0.15) is 6.42 Å². The molecule has 2 atom stereocenters. The SMILES string of the molecule is CSc1c(F)cc2[nH]ncc2c1-c1cc2sc(NC(=O)[C@@H]3C[C@@H]3F)nc2cn1. The monoisotopic (exact) mass is 417 g/mol. The first kappa shape index (κ1) is 17.5. The van der Waals surface area contributed by atoms with E-state index in [1.165, 1.54) is 29.2 Å². The van der Waals surface area contributed by atoms with E-state index in [1.54, 1.807) is 12.4 Å². The number of fused-ring (bicyclic) bond motifs is 2. The smallest absolute Gasteiger partial charge is 0.232 e. The van der Waals surface area contributed by atoms with E-state index < -0.39 is 12.1 Å². The summed E-state index contributed by atoms with van der Waals surface area (Å²) in [5.41, 5.74) is 2.46. The highest BCUT2D eigenvalue weighted by Gasteiger charge is 2.43. The van der Waals surface area contributed by atoms with E-state index in [1.807, 2.05) is 12.3 Å². The molecule has 1 aliphatic carbocycles. The minimum atomic E-state index is -1.06. The molecule has 2 N–H and O–H groups in total. The Hall–Kier alpha value is -2.59. The summed E-state index contributed by atoms with van der Waals surface area (Å²) >= 11 is 2.58. The van der Waals surface area contributed by atoms with Gasteiger partial charge >= 0.3 is 0 Å². The number of halogens is 2. The Morgan fingerprint density at radius 1 is 1.39 bits per heavy atom. The molecule has 6 nitrogen and oxygen atoms in total.